The summed E-state index contributed by atoms with van der Waals surface area (Å²) in [6, 6.07) is 18.5. The SMILES string of the molecule is O=C1CC(Cc2ccccc2)Cc2ccccc21. The van der Waals surface area contributed by atoms with Gasteiger partial charge in [0.2, 0.25) is 0 Å². The maximum absolute atomic E-state index is 12.1. The molecule has 1 nitrogen and oxygen atoms in total. The lowest BCUT2D eigenvalue weighted by atomic mass is 9.80. The summed E-state index contributed by atoms with van der Waals surface area (Å²) >= 11 is 0. The highest BCUT2D eigenvalue weighted by molar-refractivity contribution is 5.98. The van der Waals surface area contributed by atoms with E-state index < -0.39 is 0 Å². The minimum Gasteiger partial charge on any atom is -0.294 e. The van der Waals surface area contributed by atoms with Crippen LogP contribution in [0.1, 0.15) is 27.9 Å². The van der Waals surface area contributed by atoms with Crippen molar-refractivity contribution in [1.29, 1.82) is 0 Å². The Balaban J connectivity index is 1.80. The summed E-state index contributed by atoms with van der Waals surface area (Å²) in [5.41, 5.74) is 3.48. The van der Waals surface area contributed by atoms with Crippen LogP contribution in [-0.4, -0.2) is 5.78 Å². The summed E-state index contributed by atoms with van der Waals surface area (Å²) in [6.07, 6.45) is 2.71. The molecule has 0 aromatic heterocycles. The van der Waals surface area contributed by atoms with E-state index in [4.69, 9.17) is 0 Å². The molecule has 0 heterocycles. The third-order valence-corrected chi connectivity index (χ3v) is 3.67. The van der Waals surface area contributed by atoms with Crippen LogP contribution in [0.5, 0.6) is 0 Å². The lowest BCUT2D eigenvalue weighted by Crippen LogP contribution is -2.21. The molecule has 0 N–H and O–H groups in total. The summed E-state index contributed by atoms with van der Waals surface area (Å²) in [5, 5.41) is 0. The first-order valence-corrected chi connectivity index (χ1v) is 6.48. The number of carbonyl (C=O) groups is 1. The zero-order valence-corrected chi connectivity index (χ0v) is 10.3. The maximum Gasteiger partial charge on any atom is 0.163 e. The number of rotatable bonds is 2. The Morgan fingerprint density at radius 1 is 0.889 bits per heavy atom. The van der Waals surface area contributed by atoms with Crippen LogP contribution in [0.3, 0.4) is 0 Å². The van der Waals surface area contributed by atoms with E-state index in [1.807, 2.05) is 24.3 Å². The zero-order chi connectivity index (χ0) is 12.4. The molecule has 0 bridgehead atoms. The van der Waals surface area contributed by atoms with E-state index in [2.05, 4.69) is 30.3 Å². The highest BCUT2D eigenvalue weighted by Crippen LogP contribution is 2.27. The molecule has 0 saturated heterocycles. The second-order valence-electron chi connectivity index (χ2n) is 5.04. The highest BCUT2D eigenvalue weighted by atomic mass is 16.1. The van der Waals surface area contributed by atoms with Gasteiger partial charge in [-0.3, -0.25) is 4.79 Å². The second-order valence-corrected chi connectivity index (χ2v) is 5.04. The van der Waals surface area contributed by atoms with Crippen molar-refractivity contribution in [3.63, 3.8) is 0 Å². The molecule has 0 fully saturated rings. The molecule has 0 amide bonds. The van der Waals surface area contributed by atoms with E-state index in [9.17, 15) is 4.79 Å². The van der Waals surface area contributed by atoms with Crippen molar-refractivity contribution < 1.29 is 4.79 Å². The molecular weight excluding hydrogens is 220 g/mol. The molecule has 0 radical (unpaired) electrons. The van der Waals surface area contributed by atoms with Crippen molar-refractivity contribution >= 4 is 5.78 Å². The number of hydrogen-bond acceptors (Lipinski definition) is 1. The molecule has 90 valence electrons. The average molecular weight is 236 g/mol. The zero-order valence-electron chi connectivity index (χ0n) is 10.3. The fourth-order valence-electron chi connectivity index (χ4n) is 2.82. The van der Waals surface area contributed by atoms with Crippen LogP contribution in [0.2, 0.25) is 0 Å². The number of hydrogen-bond donors (Lipinski definition) is 0. The number of ketones is 1. The van der Waals surface area contributed by atoms with Gasteiger partial charge in [-0.15, -0.1) is 0 Å². The first kappa shape index (κ1) is 11.2. The van der Waals surface area contributed by atoms with Gasteiger partial charge in [0.15, 0.2) is 5.78 Å². The van der Waals surface area contributed by atoms with E-state index in [0.717, 1.165) is 18.4 Å². The van der Waals surface area contributed by atoms with Crippen LogP contribution < -0.4 is 0 Å². The molecule has 0 aliphatic heterocycles. The number of Topliss-reactive ketones (excluding diaryl/α,β-unsaturated/α-hetero) is 1. The van der Waals surface area contributed by atoms with E-state index in [0.29, 0.717) is 18.1 Å². The Bertz CT molecular complexity index is 557. The summed E-state index contributed by atoms with van der Waals surface area (Å²) in [7, 11) is 0. The lowest BCUT2D eigenvalue weighted by molar-refractivity contribution is 0.0949. The number of carbonyl (C=O) groups excluding carboxylic acids is 1. The van der Waals surface area contributed by atoms with Crippen LogP contribution in [-0.2, 0) is 12.8 Å². The van der Waals surface area contributed by atoms with Crippen LogP contribution >= 0.6 is 0 Å². The molecule has 0 saturated carbocycles. The predicted octanol–water partition coefficient (Wildman–Crippen LogP) is 3.67. The molecule has 1 aliphatic rings. The standard InChI is InChI=1S/C17H16O/c18-17-12-14(10-13-6-2-1-3-7-13)11-15-8-4-5-9-16(15)17/h1-9,14H,10-12H2. The summed E-state index contributed by atoms with van der Waals surface area (Å²) < 4.78 is 0. The molecule has 0 spiro atoms. The van der Waals surface area contributed by atoms with Crippen LogP contribution in [0.4, 0.5) is 0 Å². The van der Waals surface area contributed by atoms with Crippen molar-refractivity contribution in [1.82, 2.24) is 0 Å². The van der Waals surface area contributed by atoms with Gasteiger partial charge in [-0.2, -0.15) is 0 Å². The van der Waals surface area contributed by atoms with E-state index in [-0.39, 0.29) is 0 Å². The van der Waals surface area contributed by atoms with Gasteiger partial charge in [0, 0.05) is 12.0 Å². The number of benzene rings is 2. The van der Waals surface area contributed by atoms with Gasteiger partial charge in [-0.1, -0.05) is 54.6 Å². The van der Waals surface area contributed by atoms with E-state index in [1.54, 1.807) is 0 Å². The summed E-state index contributed by atoms with van der Waals surface area (Å²) in [4.78, 5) is 12.1. The van der Waals surface area contributed by atoms with Gasteiger partial charge in [0.25, 0.3) is 0 Å². The van der Waals surface area contributed by atoms with Gasteiger partial charge in [0.05, 0.1) is 0 Å². The molecule has 1 unspecified atom stereocenters. The quantitative estimate of drug-likeness (QED) is 0.777. The van der Waals surface area contributed by atoms with Crippen LogP contribution in [0, 0.1) is 5.92 Å². The molecule has 2 aromatic rings. The minimum absolute atomic E-state index is 0.304. The smallest absolute Gasteiger partial charge is 0.163 e. The van der Waals surface area contributed by atoms with Gasteiger partial charge in [0.1, 0.15) is 0 Å². The highest BCUT2D eigenvalue weighted by Gasteiger charge is 2.24. The molecule has 3 rings (SSSR count). The van der Waals surface area contributed by atoms with E-state index >= 15 is 0 Å². The van der Waals surface area contributed by atoms with Crippen molar-refractivity contribution in [2.24, 2.45) is 5.92 Å². The summed E-state index contributed by atoms with van der Waals surface area (Å²) in [5.74, 6) is 0.757. The summed E-state index contributed by atoms with van der Waals surface area (Å²) in [6.45, 7) is 0. The second kappa shape index (κ2) is 4.77. The Labute approximate surface area is 107 Å². The normalized spacial score (nSPS) is 18.4. The van der Waals surface area contributed by atoms with E-state index in [1.165, 1.54) is 11.1 Å². The predicted molar refractivity (Wildman–Crippen MR) is 72.7 cm³/mol. The fraction of sp³-hybridized carbons (Fsp3) is 0.235. The Kier molecular flexibility index (Phi) is 2.97. The molecule has 18 heavy (non-hydrogen) atoms. The third-order valence-electron chi connectivity index (χ3n) is 3.67. The Morgan fingerprint density at radius 2 is 1.61 bits per heavy atom. The molecule has 1 aliphatic carbocycles. The average Bonchev–Trinajstić information content (AvgIpc) is 2.40. The van der Waals surface area contributed by atoms with Crippen molar-refractivity contribution in [2.45, 2.75) is 19.3 Å². The fourth-order valence-corrected chi connectivity index (χ4v) is 2.82. The maximum atomic E-state index is 12.1. The first-order valence-electron chi connectivity index (χ1n) is 6.48. The van der Waals surface area contributed by atoms with Gasteiger partial charge in [-0.05, 0) is 29.9 Å². The van der Waals surface area contributed by atoms with Crippen LogP contribution in [0.15, 0.2) is 54.6 Å². The molecule has 1 atom stereocenters. The third kappa shape index (κ3) is 2.21. The monoisotopic (exact) mass is 236 g/mol. The van der Waals surface area contributed by atoms with Gasteiger partial charge in [-0.25, -0.2) is 0 Å². The number of fused-ring (bicyclic) bond motifs is 1. The largest absolute Gasteiger partial charge is 0.294 e. The molecule has 1 heteroatoms. The molecule has 2 aromatic carbocycles. The minimum atomic E-state index is 0.304. The Morgan fingerprint density at radius 3 is 2.44 bits per heavy atom. The van der Waals surface area contributed by atoms with Gasteiger partial charge >= 0.3 is 0 Å². The van der Waals surface area contributed by atoms with Crippen molar-refractivity contribution in [2.75, 3.05) is 0 Å². The molecular formula is C17H16O. The van der Waals surface area contributed by atoms with Crippen molar-refractivity contribution in [3.05, 3.63) is 71.3 Å². The first-order chi connectivity index (χ1) is 8.83. The van der Waals surface area contributed by atoms with Crippen LogP contribution in [0.25, 0.3) is 0 Å². The Hall–Kier alpha value is -1.89. The van der Waals surface area contributed by atoms with Gasteiger partial charge < -0.3 is 0 Å². The topological polar surface area (TPSA) is 17.1 Å². The lowest BCUT2D eigenvalue weighted by Gasteiger charge is -2.23. The van der Waals surface area contributed by atoms with Crippen molar-refractivity contribution in [3.8, 4) is 0 Å².